The molecule has 0 spiro atoms. The summed E-state index contributed by atoms with van der Waals surface area (Å²) in [7, 11) is 0. The van der Waals surface area contributed by atoms with Crippen molar-refractivity contribution >= 4 is 51.7 Å². The Labute approximate surface area is 149 Å². The highest BCUT2D eigenvalue weighted by Gasteiger charge is 2.15. The lowest BCUT2D eigenvalue weighted by Gasteiger charge is -2.08. The van der Waals surface area contributed by atoms with Gasteiger partial charge in [0.2, 0.25) is 0 Å². The van der Waals surface area contributed by atoms with Crippen LogP contribution in [0.4, 0.5) is 5.69 Å². The average Bonchev–Trinajstić information content (AvgIpc) is 2.52. The zero-order chi connectivity index (χ0) is 17.0. The maximum Gasteiger partial charge on any atom is 0.271 e. The molecule has 118 valence electrons. The van der Waals surface area contributed by atoms with Crippen LogP contribution in [-0.4, -0.2) is 16.7 Å². The highest BCUT2D eigenvalue weighted by atomic mass is 127. The van der Waals surface area contributed by atoms with Gasteiger partial charge in [-0.2, -0.15) is 0 Å². The van der Waals surface area contributed by atoms with Crippen molar-refractivity contribution in [1.82, 2.24) is 10.9 Å². The second-order valence-electron chi connectivity index (χ2n) is 4.34. The first-order chi connectivity index (χ1) is 10.9. The number of hydrazine groups is 1. The third-order valence-electron chi connectivity index (χ3n) is 2.78. The van der Waals surface area contributed by atoms with Crippen LogP contribution in [0.3, 0.4) is 0 Å². The number of halogens is 2. The third kappa shape index (κ3) is 4.39. The summed E-state index contributed by atoms with van der Waals surface area (Å²) in [6.45, 7) is 0. The second-order valence-corrected chi connectivity index (χ2v) is 5.99. The fraction of sp³-hybridized carbons (Fsp3) is 0. The molecule has 2 amide bonds. The van der Waals surface area contributed by atoms with Crippen molar-refractivity contribution < 1.29 is 14.5 Å². The lowest BCUT2D eigenvalue weighted by Crippen LogP contribution is -2.41. The molecule has 0 aromatic heterocycles. The lowest BCUT2D eigenvalue weighted by molar-refractivity contribution is -0.384. The zero-order valence-corrected chi connectivity index (χ0v) is 14.3. The van der Waals surface area contributed by atoms with Gasteiger partial charge < -0.3 is 0 Å². The largest absolute Gasteiger partial charge is 0.271 e. The van der Waals surface area contributed by atoms with E-state index in [1.54, 1.807) is 18.2 Å². The summed E-state index contributed by atoms with van der Waals surface area (Å²) in [5, 5.41) is 10.5. The van der Waals surface area contributed by atoms with Gasteiger partial charge in [-0.3, -0.25) is 30.6 Å². The molecule has 0 bridgehead atoms. The zero-order valence-electron chi connectivity index (χ0n) is 11.4. The maximum absolute atomic E-state index is 12.0. The van der Waals surface area contributed by atoms with Gasteiger partial charge in [-0.1, -0.05) is 17.7 Å². The Balaban J connectivity index is 2.05. The molecule has 0 radical (unpaired) electrons. The molecule has 0 fully saturated rings. The number of nitrogens with one attached hydrogen (secondary N) is 2. The van der Waals surface area contributed by atoms with E-state index < -0.39 is 16.7 Å². The molecule has 0 aliphatic rings. The summed E-state index contributed by atoms with van der Waals surface area (Å²) in [4.78, 5) is 33.9. The molecule has 2 aromatic carbocycles. The quantitative estimate of drug-likeness (QED) is 0.431. The van der Waals surface area contributed by atoms with E-state index in [-0.39, 0.29) is 16.3 Å². The Morgan fingerprint density at radius 3 is 2.39 bits per heavy atom. The summed E-state index contributed by atoms with van der Waals surface area (Å²) < 4.78 is 0.875. The van der Waals surface area contributed by atoms with Crippen molar-refractivity contribution in [2.24, 2.45) is 0 Å². The Kier molecular flexibility index (Phi) is 5.50. The molecule has 0 aliphatic heterocycles. The van der Waals surface area contributed by atoms with Crippen molar-refractivity contribution in [3.8, 4) is 0 Å². The van der Waals surface area contributed by atoms with Gasteiger partial charge in [-0.05, 0) is 46.9 Å². The van der Waals surface area contributed by atoms with Crippen LogP contribution >= 0.6 is 34.2 Å². The van der Waals surface area contributed by atoms with Crippen LogP contribution in [0.5, 0.6) is 0 Å². The topological polar surface area (TPSA) is 101 Å². The Hall–Kier alpha value is -2.20. The maximum atomic E-state index is 12.0. The third-order valence-corrected chi connectivity index (χ3v) is 3.77. The number of nitrogens with zero attached hydrogens (tertiary/aromatic N) is 1. The van der Waals surface area contributed by atoms with E-state index in [1.165, 1.54) is 6.07 Å². The first kappa shape index (κ1) is 17.2. The standard InChI is InChI=1S/C14H9ClIN3O4/c15-12-7-10(19(22)23)4-5-11(12)14(21)18-17-13(20)8-2-1-3-9(16)6-8/h1-7H,(H,17,20)(H,18,21). The number of benzene rings is 2. The number of nitro benzene ring substituents is 1. The number of hydrogen-bond acceptors (Lipinski definition) is 4. The normalized spacial score (nSPS) is 10.0. The van der Waals surface area contributed by atoms with Crippen LogP contribution in [0, 0.1) is 13.7 Å². The van der Waals surface area contributed by atoms with Crippen LogP contribution in [-0.2, 0) is 0 Å². The molecule has 9 heteroatoms. The molecule has 2 rings (SSSR count). The van der Waals surface area contributed by atoms with Gasteiger partial charge in [0.15, 0.2) is 0 Å². The minimum Gasteiger partial charge on any atom is -0.267 e. The molecule has 23 heavy (non-hydrogen) atoms. The molecule has 0 saturated carbocycles. The molecule has 2 aromatic rings. The van der Waals surface area contributed by atoms with Crippen molar-refractivity contribution in [1.29, 1.82) is 0 Å². The average molecular weight is 446 g/mol. The number of amides is 2. The van der Waals surface area contributed by atoms with E-state index >= 15 is 0 Å². The van der Waals surface area contributed by atoms with Gasteiger partial charge in [0, 0.05) is 21.3 Å². The smallest absolute Gasteiger partial charge is 0.267 e. The molecular weight excluding hydrogens is 437 g/mol. The van der Waals surface area contributed by atoms with Gasteiger partial charge in [-0.15, -0.1) is 0 Å². The minimum atomic E-state index is -0.677. The SMILES string of the molecule is O=C(NNC(=O)c1ccc([N+](=O)[O-])cc1Cl)c1cccc(I)c1. The molecule has 0 aliphatic carbocycles. The van der Waals surface area contributed by atoms with Gasteiger partial charge in [0.1, 0.15) is 0 Å². The minimum absolute atomic E-state index is 0.0141. The summed E-state index contributed by atoms with van der Waals surface area (Å²) >= 11 is 7.91. The summed E-state index contributed by atoms with van der Waals surface area (Å²) in [5.74, 6) is -1.17. The van der Waals surface area contributed by atoms with Crippen molar-refractivity contribution in [3.05, 3.63) is 72.3 Å². The fourth-order valence-corrected chi connectivity index (χ4v) is 2.49. The van der Waals surface area contributed by atoms with E-state index in [0.717, 1.165) is 15.7 Å². The first-order valence-corrected chi connectivity index (χ1v) is 7.64. The number of rotatable bonds is 3. The molecule has 0 unspecified atom stereocenters. The predicted molar refractivity (Wildman–Crippen MR) is 92.2 cm³/mol. The Morgan fingerprint density at radius 1 is 1.09 bits per heavy atom. The van der Waals surface area contributed by atoms with Gasteiger partial charge in [0.25, 0.3) is 17.5 Å². The molecule has 0 heterocycles. The van der Waals surface area contributed by atoms with Gasteiger partial charge in [-0.25, -0.2) is 0 Å². The molecule has 7 nitrogen and oxygen atoms in total. The fourth-order valence-electron chi connectivity index (χ4n) is 1.68. The Morgan fingerprint density at radius 2 is 1.78 bits per heavy atom. The second kappa shape index (κ2) is 7.38. The molecule has 2 N–H and O–H groups in total. The van der Waals surface area contributed by atoms with Crippen molar-refractivity contribution in [2.75, 3.05) is 0 Å². The lowest BCUT2D eigenvalue weighted by atomic mass is 10.2. The number of nitro groups is 1. The first-order valence-electron chi connectivity index (χ1n) is 6.18. The summed E-state index contributed by atoms with van der Waals surface area (Å²) in [6.07, 6.45) is 0. The van der Waals surface area contributed by atoms with Gasteiger partial charge >= 0.3 is 0 Å². The molecule has 0 saturated heterocycles. The number of carbonyl (C=O) groups is 2. The summed E-state index contributed by atoms with van der Waals surface area (Å²) in [6, 6.07) is 10.2. The van der Waals surface area contributed by atoms with E-state index in [4.69, 9.17) is 11.6 Å². The summed E-state index contributed by atoms with van der Waals surface area (Å²) in [5.41, 5.74) is 4.63. The highest BCUT2D eigenvalue weighted by Crippen LogP contribution is 2.22. The van der Waals surface area contributed by atoms with Crippen LogP contribution in [0.2, 0.25) is 5.02 Å². The van der Waals surface area contributed by atoms with Crippen molar-refractivity contribution in [2.45, 2.75) is 0 Å². The molecular formula is C14H9ClIN3O4. The van der Waals surface area contributed by atoms with E-state index in [9.17, 15) is 19.7 Å². The van der Waals surface area contributed by atoms with E-state index in [1.807, 2.05) is 6.07 Å². The highest BCUT2D eigenvalue weighted by molar-refractivity contribution is 14.1. The van der Waals surface area contributed by atoms with Crippen LogP contribution in [0.15, 0.2) is 42.5 Å². The van der Waals surface area contributed by atoms with Crippen LogP contribution in [0.25, 0.3) is 0 Å². The van der Waals surface area contributed by atoms with Crippen LogP contribution < -0.4 is 10.9 Å². The number of hydrogen-bond donors (Lipinski definition) is 2. The number of non-ortho nitro benzene ring substituents is 1. The van der Waals surface area contributed by atoms with Crippen LogP contribution in [0.1, 0.15) is 20.7 Å². The predicted octanol–water partition coefficient (Wildman–Crippen LogP) is 2.93. The van der Waals surface area contributed by atoms with Gasteiger partial charge in [0.05, 0.1) is 15.5 Å². The Bertz CT molecular complexity index is 797. The number of carbonyl (C=O) groups excluding carboxylic acids is 2. The molecule has 0 atom stereocenters. The van der Waals surface area contributed by atoms with Crippen molar-refractivity contribution in [3.63, 3.8) is 0 Å². The van der Waals surface area contributed by atoms with E-state index in [2.05, 4.69) is 33.4 Å². The monoisotopic (exact) mass is 445 g/mol. The van der Waals surface area contributed by atoms with E-state index in [0.29, 0.717) is 5.56 Å².